The predicted octanol–water partition coefficient (Wildman–Crippen LogP) is 1.92. The number of aliphatic imine (C=N–C) groups is 1. The summed E-state index contributed by atoms with van der Waals surface area (Å²) in [4.78, 5) is 20.9. The average molecular weight is 497 g/mol. The van der Waals surface area contributed by atoms with Crippen LogP contribution in [0.1, 0.15) is 45.4 Å². The number of rotatable bonds is 12. The van der Waals surface area contributed by atoms with Gasteiger partial charge < -0.3 is 25.2 Å². The summed E-state index contributed by atoms with van der Waals surface area (Å²) in [5.74, 6) is 1.18. The predicted molar refractivity (Wildman–Crippen MR) is 123 cm³/mol. The van der Waals surface area contributed by atoms with Crippen LogP contribution in [0.2, 0.25) is 0 Å². The van der Waals surface area contributed by atoms with Crippen molar-refractivity contribution in [3.63, 3.8) is 0 Å². The summed E-state index contributed by atoms with van der Waals surface area (Å²) in [6.45, 7) is 9.07. The van der Waals surface area contributed by atoms with E-state index < -0.39 is 0 Å². The highest BCUT2D eigenvalue weighted by Gasteiger charge is 2.15. The van der Waals surface area contributed by atoms with Gasteiger partial charge in [0.2, 0.25) is 5.91 Å². The molecule has 0 radical (unpaired) electrons. The fourth-order valence-electron chi connectivity index (χ4n) is 2.98. The number of carbonyl (C=O) groups excluding carboxylic acids is 1. The fraction of sp³-hybridized carbons (Fsp3) is 0.895. The Labute approximate surface area is 182 Å². The number of likely N-dealkylation sites (N-methyl/N-ethyl adjacent to an activating group) is 1. The smallest absolute Gasteiger partial charge is 0.222 e. The van der Waals surface area contributed by atoms with Crippen molar-refractivity contribution >= 4 is 35.8 Å². The largest absolute Gasteiger partial charge is 0.383 e. The van der Waals surface area contributed by atoms with Crippen LogP contribution in [0, 0.1) is 0 Å². The van der Waals surface area contributed by atoms with Crippen LogP contribution in [0.4, 0.5) is 0 Å². The van der Waals surface area contributed by atoms with E-state index in [1.54, 1.807) is 7.11 Å². The molecule has 160 valence electrons. The van der Waals surface area contributed by atoms with E-state index in [4.69, 9.17) is 4.74 Å². The summed E-state index contributed by atoms with van der Waals surface area (Å²) in [7, 11) is 3.85. The first-order valence-corrected chi connectivity index (χ1v) is 10.1. The third-order valence-electron chi connectivity index (χ3n) is 4.56. The van der Waals surface area contributed by atoms with Crippen LogP contribution in [0.5, 0.6) is 0 Å². The average Bonchev–Trinajstić information content (AvgIpc) is 2.84. The number of hydrogen-bond donors (Lipinski definition) is 2. The Hall–Kier alpha value is -0.610. The standard InChI is InChI=1S/C19H39N5O2.HI/c1-4-20-19(21-11-8-13-23(2)16-17-26-3)22-12-9-15-24-14-7-5-6-10-18(24)25;/h4-17H2,1-3H3,(H2,20,21,22);1H. The second-order valence-corrected chi connectivity index (χ2v) is 6.88. The molecule has 2 N–H and O–H groups in total. The molecule has 1 fully saturated rings. The molecule has 1 aliphatic rings. The highest BCUT2D eigenvalue weighted by molar-refractivity contribution is 14.0. The van der Waals surface area contributed by atoms with Crippen molar-refractivity contribution in [3.8, 4) is 0 Å². The monoisotopic (exact) mass is 497 g/mol. The maximum Gasteiger partial charge on any atom is 0.222 e. The normalized spacial score (nSPS) is 15.5. The SMILES string of the molecule is CCNC(=NCCCN1CCCCCC1=O)NCCCN(C)CCOC.I. The van der Waals surface area contributed by atoms with Gasteiger partial charge in [-0.25, -0.2) is 0 Å². The maximum absolute atomic E-state index is 12.0. The summed E-state index contributed by atoms with van der Waals surface area (Å²) in [6.07, 6.45) is 6.05. The molecule has 1 rings (SSSR count). The molecule has 7 nitrogen and oxygen atoms in total. The summed E-state index contributed by atoms with van der Waals surface area (Å²) in [5.41, 5.74) is 0. The van der Waals surface area contributed by atoms with E-state index in [2.05, 4.69) is 34.5 Å². The van der Waals surface area contributed by atoms with Crippen molar-refractivity contribution in [2.75, 3.05) is 66.6 Å². The zero-order chi connectivity index (χ0) is 19.0. The highest BCUT2D eigenvalue weighted by atomic mass is 127. The first-order valence-electron chi connectivity index (χ1n) is 10.1. The molecule has 0 aliphatic carbocycles. The summed E-state index contributed by atoms with van der Waals surface area (Å²) >= 11 is 0. The first-order chi connectivity index (χ1) is 12.7. The van der Waals surface area contributed by atoms with Crippen molar-refractivity contribution in [1.82, 2.24) is 20.4 Å². The lowest BCUT2D eigenvalue weighted by molar-refractivity contribution is -0.130. The molecule has 0 saturated carbocycles. The van der Waals surface area contributed by atoms with E-state index in [1.807, 2.05) is 4.90 Å². The summed E-state index contributed by atoms with van der Waals surface area (Å²) in [6, 6.07) is 0. The number of carbonyl (C=O) groups is 1. The second-order valence-electron chi connectivity index (χ2n) is 6.88. The Kier molecular flexibility index (Phi) is 17.1. The third kappa shape index (κ3) is 13.2. The highest BCUT2D eigenvalue weighted by Crippen LogP contribution is 2.11. The molecular weight excluding hydrogens is 457 g/mol. The quantitative estimate of drug-likeness (QED) is 0.187. The van der Waals surface area contributed by atoms with E-state index in [9.17, 15) is 4.79 Å². The minimum absolute atomic E-state index is 0. The second kappa shape index (κ2) is 17.5. The van der Waals surface area contributed by atoms with E-state index >= 15 is 0 Å². The lowest BCUT2D eigenvalue weighted by Crippen LogP contribution is -2.39. The minimum Gasteiger partial charge on any atom is -0.383 e. The molecule has 8 heteroatoms. The Bertz CT molecular complexity index is 410. The topological polar surface area (TPSA) is 69.2 Å². The molecule has 0 unspecified atom stereocenters. The van der Waals surface area contributed by atoms with Gasteiger partial charge >= 0.3 is 0 Å². The molecular formula is C19H40IN5O2. The van der Waals surface area contributed by atoms with Crippen LogP contribution in [0.15, 0.2) is 4.99 Å². The fourth-order valence-corrected chi connectivity index (χ4v) is 2.98. The van der Waals surface area contributed by atoms with E-state index in [0.717, 1.165) is 84.1 Å². The molecule has 0 atom stereocenters. The van der Waals surface area contributed by atoms with Crippen LogP contribution in [-0.4, -0.2) is 88.2 Å². The molecule has 0 aromatic rings. The number of likely N-dealkylation sites (tertiary alicyclic amines) is 1. The van der Waals surface area contributed by atoms with Crippen molar-refractivity contribution in [2.45, 2.75) is 45.4 Å². The Balaban J connectivity index is 0.00000676. The molecule has 27 heavy (non-hydrogen) atoms. The Morgan fingerprint density at radius 3 is 2.78 bits per heavy atom. The van der Waals surface area contributed by atoms with E-state index in [-0.39, 0.29) is 24.0 Å². The molecule has 0 aromatic heterocycles. The third-order valence-corrected chi connectivity index (χ3v) is 4.56. The molecule has 0 bridgehead atoms. The van der Waals surface area contributed by atoms with Crippen LogP contribution < -0.4 is 10.6 Å². The van der Waals surface area contributed by atoms with Crippen LogP contribution in [-0.2, 0) is 9.53 Å². The number of nitrogens with one attached hydrogen (secondary N) is 2. The molecule has 1 saturated heterocycles. The summed E-state index contributed by atoms with van der Waals surface area (Å²) < 4.78 is 5.09. The van der Waals surface area contributed by atoms with Gasteiger partial charge in [0, 0.05) is 52.8 Å². The zero-order valence-corrected chi connectivity index (χ0v) is 19.8. The molecule has 0 spiro atoms. The zero-order valence-electron chi connectivity index (χ0n) is 17.5. The van der Waals surface area contributed by atoms with Crippen LogP contribution in [0.25, 0.3) is 0 Å². The van der Waals surface area contributed by atoms with Gasteiger partial charge in [0.05, 0.1) is 6.61 Å². The molecule has 1 aliphatic heterocycles. The molecule has 0 aromatic carbocycles. The summed E-state index contributed by atoms with van der Waals surface area (Å²) in [5, 5.41) is 6.68. The van der Waals surface area contributed by atoms with Gasteiger partial charge in [-0.2, -0.15) is 0 Å². The number of methoxy groups -OCH3 is 1. The van der Waals surface area contributed by atoms with Gasteiger partial charge in [-0.15, -0.1) is 24.0 Å². The van der Waals surface area contributed by atoms with E-state index in [1.165, 1.54) is 6.42 Å². The number of ether oxygens (including phenoxy) is 1. The Morgan fingerprint density at radius 2 is 2.04 bits per heavy atom. The minimum atomic E-state index is 0. The van der Waals surface area contributed by atoms with Gasteiger partial charge in [0.25, 0.3) is 0 Å². The Morgan fingerprint density at radius 1 is 1.22 bits per heavy atom. The van der Waals surface area contributed by atoms with E-state index in [0.29, 0.717) is 12.3 Å². The number of halogens is 1. The number of guanidine groups is 1. The van der Waals surface area contributed by atoms with Crippen molar-refractivity contribution in [3.05, 3.63) is 0 Å². The van der Waals surface area contributed by atoms with Gasteiger partial charge in [0.15, 0.2) is 5.96 Å². The van der Waals surface area contributed by atoms with Crippen molar-refractivity contribution in [2.24, 2.45) is 4.99 Å². The van der Waals surface area contributed by atoms with Crippen LogP contribution >= 0.6 is 24.0 Å². The number of amides is 1. The number of hydrogen-bond acceptors (Lipinski definition) is 4. The van der Waals surface area contributed by atoms with Gasteiger partial charge in [-0.3, -0.25) is 9.79 Å². The lowest BCUT2D eigenvalue weighted by Gasteiger charge is -2.20. The van der Waals surface area contributed by atoms with Gasteiger partial charge in [-0.1, -0.05) is 6.42 Å². The molecule has 1 amide bonds. The van der Waals surface area contributed by atoms with Crippen LogP contribution in [0.3, 0.4) is 0 Å². The maximum atomic E-state index is 12.0. The van der Waals surface area contributed by atoms with Crippen molar-refractivity contribution < 1.29 is 9.53 Å². The van der Waals surface area contributed by atoms with Gasteiger partial charge in [0.1, 0.15) is 0 Å². The van der Waals surface area contributed by atoms with Gasteiger partial charge in [-0.05, 0) is 46.2 Å². The van der Waals surface area contributed by atoms with Crippen molar-refractivity contribution in [1.29, 1.82) is 0 Å². The molecule has 1 heterocycles. The lowest BCUT2D eigenvalue weighted by atomic mass is 10.2. The number of nitrogens with zero attached hydrogens (tertiary/aromatic N) is 3. The first kappa shape index (κ1) is 26.4.